The molecule has 0 radical (unpaired) electrons. The number of morpholine rings is 1. The van der Waals surface area contributed by atoms with Crippen molar-refractivity contribution in [3.8, 4) is 0 Å². The minimum Gasteiger partial charge on any atom is -0.379 e. The highest BCUT2D eigenvalue weighted by molar-refractivity contribution is 7.92. The van der Waals surface area contributed by atoms with E-state index in [1.54, 1.807) is 44.2 Å². The van der Waals surface area contributed by atoms with Gasteiger partial charge in [0, 0.05) is 19.6 Å². The van der Waals surface area contributed by atoms with Crippen molar-refractivity contribution in [2.75, 3.05) is 32.8 Å². The number of nitrogens with one attached hydrogen (secondary N) is 1. The number of hydrogen-bond acceptors (Lipinski definition) is 5. The minimum absolute atomic E-state index is 0.140. The van der Waals surface area contributed by atoms with Crippen LogP contribution in [0.2, 0.25) is 0 Å². The molecule has 1 amide bonds. The molecule has 1 aliphatic heterocycles. The van der Waals surface area contributed by atoms with Gasteiger partial charge in [-0.3, -0.25) is 9.69 Å². The maximum Gasteiger partial charge on any atom is 0.224 e. The second-order valence-electron chi connectivity index (χ2n) is 7.94. The molecule has 3 rings (SSSR count). The van der Waals surface area contributed by atoms with E-state index in [2.05, 4.69) is 10.2 Å². The van der Waals surface area contributed by atoms with E-state index in [4.69, 9.17) is 4.74 Å². The number of sulfone groups is 1. The molecule has 0 bridgehead atoms. The summed E-state index contributed by atoms with van der Waals surface area (Å²) in [5, 5.41) is 2.45. The average Bonchev–Trinajstić information content (AvgIpc) is 2.75. The zero-order valence-electron chi connectivity index (χ0n) is 17.9. The number of benzene rings is 2. The highest BCUT2D eigenvalue weighted by atomic mass is 32.2. The zero-order chi connectivity index (χ0) is 22.4. The number of rotatable bonds is 8. The number of ether oxygens (including phenoxy) is 1. The van der Waals surface area contributed by atoms with Gasteiger partial charge in [0.25, 0.3) is 0 Å². The first-order valence-corrected chi connectivity index (χ1v) is 12.0. The van der Waals surface area contributed by atoms with Crippen LogP contribution in [0.25, 0.3) is 0 Å². The molecule has 31 heavy (non-hydrogen) atoms. The van der Waals surface area contributed by atoms with Crippen molar-refractivity contribution in [2.45, 2.75) is 36.5 Å². The van der Waals surface area contributed by atoms with Gasteiger partial charge in [-0.15, -0.1) is 0 Å². The Hall–Kier alpha value is -2.29. The van der Waals surface area contributed by atoms with Crippen LogP contribution in [0.4, 0.5) is 4.39 Å². The van der Waals surface area contributed by atoms with Crippen LogP contribution in [-0.4, -0.2) is 57.3 Å². The summed E-state index contributed by atoms with van der Waals surface area (Å²) < 4.78 is 43.7. The molecule has 1 aliphatic rings. The SMILES string of the molecule is CC(C)S(=O)(=O)c1ccc(CC(=O)NCC(c2cccc(F)c2)N2CCOCC2)cc1. The molecule has 0 saturated carbocycles. The van der Waals surface area contributed by atoms with Gasteiger partial charge in [0.1, 0.15) is 5.82 Å². The van der Waals surface area contributed by atoms with Crippen molar-refractivity contribution in [2.24, 2.45) is 0 Å². The summed E-state index contributed by atoms with van der Waals surface area (Å²) in [6, 6.07) is 12.7. The number of hydrogen-bond donors (Lipinski definition) is 1. The topological polar surface area (TPSA) is 75.7 Å². The van der Waals surface area contributed by atoms with Crippen molar-refractivity contribution < 1.29 is 22.3 Å². The third kappa shape index (κ3) is 6.12. The van der Waals surface area contributed by atoms with Gasteiger partial charge in [0.05, 0.1) is 35.8 Å². The molecule has 2 aromatic carbocycles. The van der Waals surface area contributed by atoms with E-state index in [1.807, 2.05) is 6.07 Å². The fraction of sp³-hybridized carbons (Fsp3) is 0.435. The Balaban J connectivity index is 1.64. The molecule has 1 saturated heterocycles. The van der Waals surface area contributed by atoms with E-state index in [1.165, 1.54) is 12.1 Å². The van der Waals surface area contributed by atoms with Crippen molar-refractivity contribution in [1.29, 1.82) is 0 Å². The second kappa shape index (κ2) is 10.3. The predicted octanol–water partition coefficient (Wildman–Crippen LogP) is 2.74. The number of amides is 1. The lowest BCUT2D eigenvalue weighted by Crippen LogP contribution is -2.44. The molecular formula is C23H29FN2O4S. The smallest absolute Gasteiger partial charge is 0.224 e. The van der Waals surface area contributed by atoms with Gasteiger partial charge in [-0.05, 0) is 49.2 Å². The van der Waals surface area contributed by atoms with E-state index in [0.717, 1.165) is 11.1 Å². The fourth-order valence-corrected chi connectivity index (χ4v) is 4.65. The van der Waals surface area contributed by atoms with Crippen molar-refractivity contribution in [3.63, 3.8) is 0 Å². The highest BCUT2D eigenvalue weighted by Crippen LogP contribution is 2.22. The maximum atomic E-state index is 13.8. The highest BCUT2D eigenvalue weighted by Gasteiger charge is 2.24. The predicted molar refractivity (Wildman–Crippen MR) is 117 cm³/mol. The van der Waals surface area contributed by atoms with Gasteiger partial charge in [0.15, 0.2) is 9.84 Å². The third-order valence-electron chi connectivity index (χ3n) is 5.45. The van der Waals surface area contributed by atoms with Crippen molar-refractivity contribution in [1.82, 2.24) is 10.2 Å². The van der Waals surface area contributed by atoms with Crippen molar-refractivity contribution >= 4 is 15.7 Å². The Labute approximate surface area is 183 Å². The Morgan fingerprint density at radius 1 is 1.13 bits per heavy atom. The number of nitrogens with zero attached hydrogens (tertiary/aromatic N) is 1. The lowest BCUT2D eigenvalue weighted by Gasteiger charge is -2.35. The molecule has 0 spiro atoms. The Morgan fingerprint density at radius 2 is 1.81 bits per heavy atom. The molecule has 1 N–H and O–H groups in total. The molecule has 1 fully saturated rings. The van der Waals surface area contributed by atoms with Gasteiger partial charge in [-0.2, -0.15) is 0 Å². The summed E-state index contributed by atoms with van der Waals surface area (Å²) >= 11 is 0. The summed E-state index contributed by atoms with van der Waals surface area (Å²) in [7, 11) is -3.34. The van der Waals surface area contributed by atoms with Crippen molar-refractivity contribution in [3.05, 3.63) is 65.5 Å². The third-order valence-corrected chi connectivity index (χ3v) is 7.62. The first kappa shape index (κ1) is 23.4. The lowest BCUT2D eigenvalue weighted by atomic mass is 10.0. The van der Waals surface area contributed by atoms with Crippen LogP contribution in [0, 0.1) is 5.82 Å². The minimum atomic E-state index is -3.34. The van der Waals surface area contributed by atoms with E-state index in [0.29, 0.717) is 32.8 Å². The van der Waals surface area contributed by atoms with Gasteiger partial charge >= 0.3 is 0 Å². The molecule has 1 unspecified atom stereocenters. The average molecular weight is 449 g/mol. The Bertz CT molecular complexity index is 987. The monoisotopic (exact) mass is 448 g/mol. The van der Waals surface area contributed by atoms with Gasteiger partial charge in [0.2, 0.25) is 5.91 Å². The molecule has 1 heterocycles. The van der Waals surface area contributed by atoms with Gasteiger partial charge in [-0.25, -0.2) is 12.8 Å². The summed E-state index contributed by atoms with van der Waals surface area (Å²) in [5.74, 6) is -0.479. The van der Waals surface area contributed by atoms with Crippen LogP contribution < -0.4 is 5.32 Å². The molecular weight excluding hydrogens is 419 g/mol. The Kier molecular flexibility index (Phi) is 7.80. The van der Waals surface area contributed by atoms with Crippen LogP contribution >= 0.6 is 0 Å². The van der Waals surface area contributed by atoms with Crippen LogP contribution in [-0.2, 0) is 25.8 Å². The van der Waals surface area contributed by atoms with Gasteiger partial charge < -0.3 is 10.1 Å². The summed E-state index contributed by atoms with van der Waals surface area (Å²) in [5.41, 5.74) is 1.54. The number of carbonyl (C=O) groups excluding carboxylic acids is 1. The van der Waals surface area contributed by atoms with Crippen LogP contribution in [0.1, 0.15) is 31.0 Å². The van der Waals surface area contributed by atoms with Crippen LogP contribution in [0.3, 0.4) is 0 Å². The first-order valence-electron chi connectivity index (χ1n) is 10.4. The number of halogens is 1. The van der Waals surface area contributed by atoms with Crippen LogP contribution in [0.15, 0.2) is 53.4 Å². The maximum absolute atomic E-state index is 13.8. The van der Waals surface area contributed by atoms with Gasteiger partial charge in [-0.1, -0.05) is 24.3 Å². The van der Waals surface area contributed by atoms with Crippen LogP contribution in [0.5, 0.6) is 0 Å². The molecule has 2 aromatic rings. The quantitative estimate of drug-likeness (QED) is 0.672. The zero-order valence-corrected chi connectivity index (χ0v) is 18.7. The number of carbonyl (C=O) groups is 1. The summed E-state index contributed by atoms with van der Waals surface area (Å²) in [6.07, 6.45) is 0.140. The van der Waals surface area contributed by atoms with E-state index >= 15 is 0 Å². The molecule has 168 valence electrons. The fourth-order valence-electron chi connectivity index (χ4n) is 3.59. The molecule has 1 atom stereocenters. The molecule has 0 aromatic heterocycles. The normalized spacial score (nSPS) is 16.3. The standard InChI is InChI=1S/C23H29FN2O4S/c1-17(2)31(28,29)21-8-6-18(7-9-21)14-23(27)25-16-22(26-10-12-30-13-11-26)19-4-3-5-20(24)15-19/h3-9,15,17,22H,10-14,16H2,1-2H3,(H,25,27). The largest absolute Gasteiger partial charge is 0.379 e. The Morgan fingerprint density at radius 3 is 2.42 bits per heavy atom. The van der Waals surface area contributed by atoms with E-state index < -0.39 is 15.1 Å². The van der Waals surface area contributed by atoms with E-state index in [9.17, 15) is 17.6 Å². The molecule has 0 aliphatic carbocycles. The first-order chi connectivity index (χ1) is 14.8. The van der Waals surface area contributed by atoms with E-state index in [-0.39, 0.29) is 29.1 Å². The molecule has 8 heteroatoms. The summed E-state index contributed by atoms with van der Waals surface area (Å²) in [4.78, 5) is 15.0. The summed E-state index contributed by atoms with van der Waals surface area (Å²) in [6.45, 7) is 6.25. The lowest BCUT2D eigenvalue weighted by molar-refractivity contribution is -0.120. The second-order valence-corrected chi connectivity index (χ2v) is 10.4. The molecule has 6 nitrogen and oxygen atoms in total.